The molecule has 1 heterocycles. The molecule has 1 N–H and O–H groups in total. The number of anilines is 1. The van der Waals surface area contributed by atoms with Crippen molar-refractivity contribution in [1.29, 1.82) is 0 Å². The molecule has 180 valence electrons. The summed E-state index contributed by atoms with van der Waals surface area (Å²) in [5.74, 6) is 2.18. The van der Waals surface area contributed by atoms with Crippen LogP contribution in [-0.4, -0.2) is 31.6 Å². The number of methoxy groups -OCH3 is 1. The summed E-state index contributed by atoms with van der Waals surface area (Å²) in [6.45, 7) is 0.436. The molecule has 0 spiro atoms. The van der Waals surface area contributed by atoms with E-state index in [1.54, 1.807) is 42.5 Å². The predicted octanol–water partition coefficient (Wildman–Crippen LogP) is 3.95. The maximum absolute atomic E-state index is 13.2. The second-order valence-corrected chi connectivity index (χ2v) is 7.63. The van der Waals surface area contributed by atoms with Gasteiger partial charge in [-0.05, 0) is 53.6 Å². The van der Waals surface area contributed by atoms with Gasteiger partial charge in [-0.2, -0.15) is 0 Å². The number of nitrogens with zero attached hydrogens (tertiary/aromatic N) is 1. The lowest BCUT2D eigenvalue weighted by atomic mass is 10.1. The van der Waals surface area contributed by atoms with Crippen LogP contribution in [0.25, 0.3) is 6.08 Å². The van der Waals surface area contributed by atoms with Gasteiger partial charge < -0.3 is 14.2 Å². The van der Waals surface area contributed by atoms with Crippen LogP contribution in [0.1, 0.15) is 11.1 Å². The van der Waals surface area contributed by atoms with Crippen molar-refractivity contribution in [1.82, 2.24) is 5.32 Å². The zero-order chi connectivity index (χ0) is 25.5. The first-order valence-corrected chi connectivity index (χ1v) is 10.9. The lowest BCUT2D eigenvalue weighted by Crippen LogP contribution is -2.54. The van der Waals surface area contributed by atoms with E-state index in [1.165, 1.54) is 13.2 Å². The Morgan fingerprint density at radius 3 is 2.39 bits per heavy atom. The largest absolute Gasteiger partial charge is 0.493 e. The Bertz CT molecular complexity index is 1360. The van der Waals surface area contributed by atoms with Crippen LogP contribution in [0.15, 0.2) is 78.4 Å². The lowest BCUT2D eigenvalue weighted by Gasteiger charge is -2.26. The number of urea groups is 1. The molecule has 3 aromatic rings. The number of rotatable bonds is 8. The SMILES string of the molecule is C#CCOc1ccc(/C=C2\C(=O)NC(=O)N(c3ccc(OCc4ccccc4)cc3)C2=O)cc1OC. The highest BCUT2D eigenvalue weighted by Gasteiger charge is 2.36. The molecule has 8 heteroatoms. The first-order chi connectivity index (χ1) is 17.5. The summed E-state index contributed by atoms with van der Waals surface area (Å²) in [5, 5.41) is 2.21. The number of amides is 4. The van der Waals surface area contributed by atoms with Crippen LogP contribution in [0.5, 0.6) is 17.2 Å². The van der Waals surface area contributed by atoms with Crippen molar-refractivity contribution >= 4 is 29.6 Å². The lowest BCUT2D eigenvalue weighted by molar-refractivity contribution is -0.122. The number of hydrogen-bond donors (Lipinski definition) is 1. The number of terminal acetylenes is 1. The minimum absolute atomic E-state index is 0.0604. The fourth-order valence-corrected chi connectivity index (χ4v) is 3.50. The summed E-state index contributed by atoms with van der Waals surface area (Å²) >= 11 is 0. The topological polar surface area (TPSA) is 94.2 Å². The molecule has 1 aliphatic heterocycles. The van der Waals surface area contributed by atoms with E-state index in [0.29, 0.717) is 35.1 Å². The second-order valence-electron chi connectivity index (χ2n) is 7.63. The normalized spacial score (nSPS) is 14.3. The van der Waals surface area contributed by atoms with Crippen LogP contribution in [0.3, 0.4) is 0 Å². The van der Waals surface area contributed by atoms with Crippen LogP contribution < -0.4 is 24.4 Å². The maximum Gasteiger partial charge on any atom is 0.335 e. The number of nitrogens with one attached hydrogen (secondary N) is 1. The van der Waals surface area contributed by atoms with E-state index in [2.05, 4.69) is 11.2 Å². The van der Waals surface area contributed by atoms with Gasteiger partial charge >= 0.3 is 6.03 Å². The summed E-state index contributed by atoms with van der Waals surface area (Å²) < 4.78 is 16.5. The average Bonchev–Trinajstić information content (AvgIpc) is 2.90. The molecule has 0 atom stereocenters. The molecule has 0 bridgehead atoms. The number of ether oxygens (including phenoxy) is 3. The zero-order valence-corrected chi connectivity index (χ0v) is 19.4. The molecule has 1 saturated heterocycles. The molecule has 1 fully saturated rings. The van der Waals surface area contributed by atoms with Crippen molar-refractivity contribution in [2.24, 2.45) is 0 Å². The smallest absolute Gasteiger partial charge is 0.335 e. The van der Waals surface area contributed by atoms with Gasteiger partial charge in [0.25, 0.3) is 11.8 Å². The number of barbiturate groups is 1. The molecular weight excluding hydrogens is 460 g/mol. The van der Waals surface area contributed by atoms with E-state index in [9.17, 15) is 14.4 Å². The Hall–Kier alpha value is -5.03. The first-order valence-electron chi connectivity index (χ1n) is 10.9. The third-order valence-corrected chi connectivity index (χ3v) is 5.25. The van der Waals surface area contributed by atoms with E-state index in [1.807, 2.05) is 30.3 Å². The molecule has 0 saturated carbocycles. The van der Waals surface area contributed by atoms with Gasteiger partial charge in [0.2, 0.25) is 0 Å². The van der Waals surface area contributed by atoms with E-state index in [0.717, 1.165) is 10.5 Å². The highest BCUT2D eigenvalue weighted by molar-refractivity contribution is 6.39. The molecule has 4 amide bonds. The van der Waals surface area contributed by atoms with Crippen LogP contribution in [0.2, 0.25) is 0 Å². The molecular formula is C28H22N2O6. The Kier molecular flexibility index (Phi) is 7.32. The third-order valence-electron chi connectivity index (χ3n) is 5.25. The minimum atomic E-state index is -0.837. The molecule has 0 aliphatic carbocycles. The summed E-state index contributed by atoms with van der Waals surface area (Å²) in [6, 6.07) is 20.1. The van der Waals surface area contributed by atoms with Gasteiger partial charge in [-0.25, -0.2) is 9.69 Å². The minimum Gasteiger partial charge on any atom is -0.493 e. The van der Waals surface area contributed by atoms with Crippen molar-refractivity contribution in [3.8, 4) is 29.6 Å². The van der Waals surface area contributed by atoms with Crippen LogP contribution in [0.4, 0.5) is 10.5 Å². The number of benzene rings is 3. The van der Waals surface area contributed by atoms with Crippen molar-refractivity contribution in [3.05, 3.63) is 89.5 Å². The fourth-order valence-electron chi connectivity index (χ4n) is 3.50. The van der Waals surface area contributed by atoms with Crippen molar-refractivity contribution in [2.45, 2.75) is 6.61 Å². The molecule has 1 aliphatic rings. The Morgan fingerprint density at radius 2 is 1.69 bits per heavy atom. The molecule has 4 rings (SSSR count). The zero-order valence-electron chi connectivity index (χ0n) is 19.4. The second kappa shape index (κ2) is 10.9. The Morgan fingerprint density at radius 1 is 0.944 bits per heavy atom. The van der Waals surface area contributed by atoms with Gasteiger partial charge in [0.05, 0.1) is 12.8 Å². The standard InChI is InChI=1S/C28H22N2O6/c1-3-15-35-24-14-9-20(17-25(24)34-2)16-23-26(31)29-28(33)30(27(23)32)21-10-12-22(13-11-21)36-18-19-7-5-4-6-8-19/h1,4-14,16-17H,15,18H2,2H3,(H,29,31,33)/b23-16+. The fraction of sp³-hybridized carbons (Fsp3) is 0.107. The molecule has 0 radical (unpaired) electrons. The number of carbonyl (C=O) groups is 3. The van der Waals surface area contributed by atoms with E-state index < -0.39 is 17.8 Å². The van der Waals surface area contributed by atoms with Crippen molar-refractivity contribution in [2.75, 3.05) is 18.6 Å². The highest BCUT2D eigenvalue weighted by atomic mass is 16.5. The molecule has 0 aromatic heterocycles. The number of imide groups is 2. The van der Waals surface area contributed by atoms with Gasteiger partial charge in [0, 0.05) is 0 Å². The number of hydrogen-bond acceptors (Lipinski definition) is 6. The Labute approximate surface area is 208 Å². The summed E-state index contributed by atoms with van der Waals surface area (Å²) in [5.41, 5.74) is 1.59. The summed E-state index contributed by atoms with van der Waals surface area (Å²) in [7, 11) is 1.46. The third kappa shape index (κ3) is 5.37. The molecule has 8 nitrogen and oxygen atoms in total. The average molecular weight is 482 g/mol. The van der Waals surface area contributed by atoms with E-state index >= 15 is 0 Å². The first kappa shape index (κ1) is 24.1. The maximum atomic E-state index is 13.2. The van der Waals surface area contributed by atoms with Gasteiger partial charge in [-0.3, -0.25) is 14.9 Å². The van der Waals surface area contributed by atoms with Gasteiger partial charge in [-0.15, -0.1) is 6.42 Å². The summed E-state index contributed by atoms with van der Waals surface area (Å²) in [4.78, 5) is 39.1. The van der Waals surface area contributed by atoms with Gasteiger partial charge in [-0.1, -0.05) is 42.3 Å². The molecule has 3 aromatic carbocycles. The number of carbonyl (C=O) groups excluding carboxylic acids is 3. The monoisotopic (exact) mass is 482 g/mol. The van der Waals surface area contributed by atoms with Crippen LogP contribution >= 0.6 is 0 Å². The Balaban J connectivity index is 1.54. The van der Waals surface area contributed by atoms with Gasteiger partial charge in [0.15, 0.2) is 11.5 Å². The van der Waals surface area contributed by atoms with Crippen LogP contribution in [-0.2, 0) is 16.2 Å². The molecule has 0 unspecified atom stereocenters. The van der Waals surface area contributed by atoms with E-state index in [-0.39, 0.29) is 12.2 Å². The highest BCUT2D eigenvalue weighted by Crippen LogP contribution is 2.30. The van der Waals surface area contributed by atoms with Crippen molar-refractivity contribution in [3.63, 3.8) is 0 Å². The van der Waals surface area contributed by atoms with Gasteiger partial charge in [0.1, 0.15) is 24.5 Å². The molecule has 36 heavy (non-hydrogen) atoms. The predicted molar refractivity (Wildman–Crippen MR) is 134 cm³/mol. The van der Waals surface area contributed by atoms with Crippen molar-refractivity contribution < 1.29 is 28.6 Å². The quantitative estimate of drug-likeness (QED) is 0.297. The summed E-state index contributed by atoms with van der Waals surface area (Å²) in [6.07, 6.45) is 6.60. The van der Waals surface area contributed by atoms with E-state index in [4.69, 9.17) is 20.6 Å². The van der Waals surface area contributed by atoms with Crippen LogP contribution in [0, 0.1) is 12.3 Å².